The molecule has 5 rings (SSSR count). The van der Waals surface area contributed by atoms with E-state index in [4.69, 9.17) is 10.5 Å². The first-order chi connectivity index (χ1) is 16.5. The van der Waals surface area contributed by atoms with Crippen LogP contribution in [0, 0.1) is 33.0 Å². The van der Waals surface area contributed by atoms with Crippen molar-refractivity contribution in [1.82, 2.24) is 0 Å². The van der Waals surface area contributed by atoms with Crippen molar-refractivity contribution in [1.29, 1.82) is 0 Å². The van der Waals surface area contributed by atoms with Gasteiger partial charge in [-0.2, -0.15) is 0 Å². The van der Waals surface area contributed by atoms with E-state index in [2.05, 4.69) is 33.8 Å². The summed E-state index contributed by atoms with van der Waals surface area (Å²) >= 11 is 0. The lowest BCUT2D eigenvalue weighted by Gasteiger charge is -2.70. The Bertz CT molecular complexity index is 1150. The number of carbonyl (C=O) groups excluding carboxylic acids is 2. The van der Waals surface area contributed by atoms with Crippen LogP contribution in [0.25, 0.3) is 0 Å². The van der Waals surface area contributed by atoms with Gasteiger partial charge in [-0.25, -0.2) is 0 Å². The van der Waals surface area contributed by atoms with Crippen LogP contribution >= 0.6 is 0 Å². The van der Waals surface area contributed by atoms with Gasteiger partial charge in [0.2, 0.25) is 11.7 Å². The summed E-state index contributed by atoms with van der Waals surface area (Å²) < 4.78 is 5.64. The molecule has 36 heavy (non-hydrogen) atoms. The van der Waals surface area contributed by atoms with E-state index in [0.29, 0.717) is 11.5 Å². The molecule has 5 aliphatic carbocycles. The highest BCUT2D eigenvalue weighted by molar-refractivity contribution is 6.01. The third kappa shape index (κ3) is 2.79. The van der Waals surface area contributed by atoms with Gasteiger partial charge in [0.25, 0.3) is 5.79 Å². The maximum Gasteiger partial charge on any atom is 0.262 e. The van der Waals surface area contributed by atoms with Gasteiger partial charge >= 0.3 is 0 Å². The highest BCUT2D eigenvalue weighted by Gasteiger charge is 2.68. The number of primary amides is 1. The van der Waals surface area contributed by atoms with Crippen LogP contribution in [0.1, 0.15) is 86.5 Å². The second-order valence-electron chi connectivity index (χ2n) is 13.9. The molecule has 0 spiro atoms. The third-order valence-electron chi connectivity index (χ3n) is 12.4. The molecule has 6 nitrogen and oxygen atoms in total. The Balaban J connectivity index is 1.66. The highest BCUT2D eigenvalue weighted by Crippen LogP contribution is 2.75. The number of aliphatic hydroxyl groups is 2. The molecule has 0 aromatic heterocycles. The molecule has 0 aromatic rings. The van der Waals surface area contributed by atoms with Gasteiger partial charge in [0.05, 0.1) is 0 Å². The van der Waals surface area contributed by atoms with Gasteiger partial charge in [-0.15, -0.1) is 0 Å². The van der Waals surface area contributed by atoms with Crippen LogP contribution in [-0.4, -0.2) is 40.4 Å². The minimum absolute atomic E-state index is 0.0324. The third-order valence-corrected chi connectivity index (χ3v) is 12.4. The van der Waals surface area contributed by atoms with Crippen molar-refractivity contribution in [2.75, 3.05) is 7.11 Å². The number of nitrogens with two attached hydrogens (primary N) is 1. The first-order valence-electron chi connectivity index (χ1n) is 13.5. The average Bonchev–Trinajstić information content (AvgIpc) is 2.81. The van der Waals surface area contributed by atoms with Crippen LogP contribution in [0.2, 0.25) is 0 Å². The number of carbonyl (C=O) groups is 2. The normalized spacial score (nSPS) is 49.4. The van der Waals surface area contributed by atoms with Crippen LogP contribution in [0.15, 0.2) is 34.9 Å². The smallest absolute Gasteiger partial charge is 0.262 e. The molecule has 3 fully saturated rings. The Morgan fingerprint density at radius 3 is 2.19 bits per heavy atom. The predicted octanol–water partition coefficient (Wildman–Crippen LogP) is 4.35. The van der Waals surface area contributed by atoms with Crippen LogP contribution in [0.4, 0.5) is 0 Å². The average molecular weight is 498 g/mol. The number of fused-ring (bicyclic) bond motifs is 7. The van der Waals surface area contributed by atoms with E-state index in [0.717, 1.165) is 50.5 Å². The Morgan fingerprint density at radius 2 is 1.58 bits per heavy atom. The number of rotatable bonds is 2. The molecule has 0 bridgehead atoms. The zero-order chi connectivity index (χ0) is 26.7. The molecule has 198 valence electrons. The van der Waals surface area contributed by atoms with Crippen molar-refractivity contribution in [3.63, 3.8) is 0 Å². The first-order valence-corrected chi connectivity index (χ1v) is 13.5. The van der Waals surface area contributed by atoms with Gasteiger partial charge in [-0.3, -0.25) is 9.59 Å². The zero-order valence-electron chi connectivity index (χ0n) is 23.0. The Kier molecular flexibility index (Phi) is 5.18. The van der Waals surface area contributed by atoms with Gasteiger partial charge in [-0.05, 0) is 91.3 Å². The molecule has 0 aliphatic heterocycles. The molecule has 7 atom stereocenters. The van der Waals surface area contributed by atoms with E-state index < -0.39 is 28.0 Å². The number of hydrogen-bond donors (Lipinski definition) is 3. The fourth-order valence-electron chi connectivity index (χ4n) is 9.16. The number of allylic oxidation sites excluding steroid dienone is 3. The highest BCUT2D eigenvalue weighted by atomic mass is 16.6. The van der Waals surface area contributed by atoms with Crippen molar-refractivity contribution >= 4 is 11.7 Å². The van der Waals surface area contributed by atoms with Crippen LogP contribution in [0.3, 0.4) is 0 Å². The largest absolute Gasteiger partial charge is 0.369 e. The van der Waals surface area contributed by atoms with Crippen LogP contribution < -0.4 is 5.73 Å². The van der Waals surface area contributed by atoms with Crippen molar-refractivity contribution in [2.45, 2.75) is 97.9 Å². The summed E-state index contributed by atoms with van der Waals surface area (Å²) in [5.74, 6) is -3.19. The molecule has 0 saturated heterocycles. The molecule has 5 aliphatic rings. The van der Waals surface area contributed by atoms with Crippen molar-refractivity contribution in [3.05, 3.63) is 34.9 Å². The maximum atomic E-state index is 13.0. The molecule has 0 heterocycles. The van der Waals surface area contributed by atoms with Crippen LogP contribution in [0.5, 0.6) is 0 Å². The molecule has 0 radical (unpaired) electrons. The molecule has 3 saturated carbocycles. The lowest BCUT2D eigenvalue weighted by atomic mass is 9.34. The van der Waals surface area contributed by atoms with Crippen molar-refractivity contribution < 1.29 is 24.5 Å². The minimum Gasteiger partial charge on any atom is -0.369 e. The molecule has 4 N–H and O–H groups in total. The second kappa shape index (κ2) is 7.21. The fraction of sp³-hybridized carbons (Fsp3) is 0.733. The zero-order valence-corrected chi connectivity index (χ0v) is 23.0. The maximum absolute atomic E-state index is 13.0. The fourth-order valence-corrected chi connectivity index (χ4v) is 9.16. The van der Waals surface area contributed by atoms with Gasteiger partial charge in [0, 0.05) is 17.9 Å². The lowest BCUT2D eigenvalue weighted by Crippen LogP contribution is -2.65. The van der Waals surface area contributed by atoms with Crippen molar-refractivity contribution in [2.24, 2.45) is 38.7 Å². The van der Waals surface area contributed by atoms with E-state index in [1.165, 1.54) is 18.8 Å². The summed E-state index contributed by atoms with van der Waals surface area (Å²) in [4.78, 5) is 25.5. The quantitative estimate of drug-likeness (QED) is 0.491. The number of methoxy groups -OCH3 is 1. The topological polar surface area (TPSA) is 110 Å². The summed E-state index contributed by atoms with van der Waals surface area (Å²) in [5, 5.41) is 21.5. The lowest BCUT2D eigenvalue weighted by molar-refractivity contribution is -0.247. The van der Waals surface area contributed by atoms with E-state index in [-0.39, 0.29) is 22.2 Å². The summed E-state index contributed by atoms with van der Waals surface area (Å²) in [6.45, 7) is 13.1. The molecule has 0 aromatic carbocycles. The van der Waals surface area contributed by atoms with Gasteiger partial charge < -0.3 is 20.7 Å². The Hall–Kier alpha value is -1.76. The van der Waals surface area contributed by atoms with E-state index >= 15 is 0 Å². The number of amides is 1. The van der Waals surface area contributed by atoms with E-state index in [1.54, 1.807) is 6.92 Å². The summed E-state index contributed by atoms with van der Waals surface area (Å²) in [6, 6.07) is 0. The molecule has 1 amide bonds. The minimum atomic E-state index is -2.63. The Labute approximate surface area is 215 Å². The van der Waals surface area contributed by atoms with Gasteiger partial charge in [0.15, 0.2) is 5.60 Å². The SMILES string of the molecule is COC1(C)C2=CC=C3C(C)(CCC4(C)C5CC(C)(C(N)=O)CCC5(C)CCC34C)C2=CC(=O)C1(O)O. The summed E-state index contributed by atoms with van der Waals surface area (Å²) in [5.41, 5.74) is 6.30. The van der Waals surface area contributed by atoms with E-state index in [1.807, 2.05) is 13.0 Å². The second-order valence-corrected chi connectivity index (χ2v) is 13.9. The number of hydrogen-bond acceptors (Lipinski definition) is 5. The van der Waals surface area contributed by atoms with Gasteiger partial charge in [0.1, 0.15) is 0 Å². The molecule has 6 heteroatoms. The Morgan fingerprint density at radius 1 is 0.944 bits per heavy atom. The molecular formula is C30H43NO5. The first kappa shape index (κ1) is 25.9. The monoisotopic (exact) mass is 497 g/mol. The standard InChI is InChI=1S/C30H43NO5/c1-24-10-11-25(2,23(31)33)17-21(24)28(5)15-13-26(3)19-16-22(32)30(34,35)29(6,36-7)18(19)8-9-20(26)27(28,4)14-12-24/h8-9,16,21,34-35H,10-15,17H2,1-7H3,(H2,31,33). The van der Waals surface area contributed by atoms with E-state index in [9.17, 15) is 19.8 Å². The number of ether oxygens (including phenoxy) is 1. The summed E-state index contributed by atoms with van der Waals surface area (Å²) in [6.07, 6.45) is 12.2. The van der Waals surface area contributed by atoms with Crippen LogP contribution in [-0.2, 0) is 14.3 Å². The van der Waals surface area contributed by atoms with Gasteiger partial charge in [-0.1, -0.05) is 52.3 Å². The molecule has 7 unspecified atom stereocenters. The van der Waals surface area contributed by atoms with Crippen molar-refractivity contribution in [3.8, 4) is 0 Å². The predicted molar refractivity (Wildman–Crippen MR) is 137 cm³/mol. The molecular weight excluding hydrogens is 454 g/mol. The number of ketones is 1. The summed E-state index contributed by atoms with van der Waals surface area (Å²) in [7, 11) is 1.42.